The van der Waals surface area contributed by atoms with Crippen LogP contribution in [0.2, 0.25) is 0 Å². The summed E-state index contributed by atoms with van der Waals surface area (Å²) in [5, 5.41) is 10.8. The van der Waals surface area contributed by atoms with E-state index in [4.69, 9.17) is 4.74 Å². The maximum Gasteiger partial charge on any atom is 0.410 e. The molecule has 1 amide bonds. The molecule has 0 bridgehead atoms. The lowest BCUT2D eigenvalue weighted by atomic mass is 9.93. The largest absolute Gasteiger partial charge is 0.444 e. The van der Waals surface area contributed by atoms with Crippen molar-refractivity contribution in [2.24, 2.45) is 5.92 Å². The summed E-state index contributed by atoms with van der Waals surface area (Å²) in [6.45, 7) is 8.65. The zero-order valence-corrected chi connectivity index (χ0v) is 13.4. The fourth-order valence-electron chi connectivity index (χ4n) is 2.53. The van der Waals surface area contributed by atoms with Gasteiger partial charge in [-0.3, -0.25) is 0 Å². The van der Waals surface area contributed by atoms with E-state index in [9.17, 15) is 14.9 Å². The molecular weight excluding hydrogens is 288 g/mol. The molecule has 0 aromatic carbocycles. The summed E-state index contributed by atoms with van der Waals surface area (Å²) >= 11 is 0. The number of nitro groups is 1. The molecule has 1 aromatic heterocycles. The van der Waals surface area contributed by atoms with E-state index in [2.05, 4.69) is 11.9 Å². The van der Waals surface area contributed by atoms with Crippen molar-refractivity contribution in [1.29, 1.82) is 0 Å². The van der Waals surface area contributed by atoms with E-state index in [1.54, 1.807) is 9.47 Å². The van der Waals surface area contributed by atoms with Gasteiger partial charge in [-0.25, -0.2) is 4.79 Å². The van der Waals surface area contributed by atoms with Crippen LogP contribution in [-0.4, -0.2) is 44.2 Å². The first kappa shape index (κ1) is 16.3. The van der Waals surface area contributed by atoms with Gasteiger partial charge >= 0.3 is 11.9 Å². The van der Waals surface area contributed by atoms with Crippen molar-refractivity contribution in [3.05, 3.63) is 22.6 Å². The van der Waals surface area contributed by atoms with E-state index in [0.717, 1.165) is 6.42 Å². The number of rotatable bonds is 2. The molecule has 1 fully saturated rings. The minimum atomic E-state index is -0.538. The predicted octanol–water partition coefficient (Wildman–Crippen LogP) is 2.61. The molecule has 8 heteroatoms. The molecule has 0 N–H and O–H groups in total. The molecule has 2 atom stereocenters. The smallest absolute Gasteiger partial charge is 0.410 e. The van der Waals surface area contributed by atoms with Crippen LogP contribution >= 0.6 is 0 Å². The van der Waals surface area contributed by atoms with Gasteiger partial charge in [0.2, 0.25) is 6.33 Å². The molecule has 1 aliphatic rings. The number of nitrogens with zero attached hydrogens (tertiary/aromatic N) is 4. The second-order valence-corrected chi connectivity index (χ2v) is 6.70. The first-order valence-corrected chi connectivity index (χ1v) is 7.33. The number of carbonyl (C=O) groups excluding carboxylic acids is 1. The predicted molar refractivity (Wildman–Crippen MR) is 79.5 cm³/mol. The highest BCUT2D eigenvalue weighted by atomic mass is 16.6. The Morgan fingerprint density at radius 1 is 1.50 bits per heavy atom. The van der Waals surface area contributed by atoms with Crippen LogP contribution in [0.3, 0.4) is 0 Å². The lowest BCUT2D eigenvalue weighted by Gasteiger charge is -2.37. The van der Waals surface area contributed by atoms with Gasteiger partial charge in [-0.2, -0.15) is 0 Å². The van der Waals surface area contributed by atoms with Crippen molar-refractivity contribution in [3.63, 3.8) is 0 Å². The van der Waals surface area contributed by atoms with Gasteiger partial charge in [0, 0.05) is 13.1 Å². The maximum absolute atomic E-state index is 12.2. The fourth-order valence-corrected chi connectivity index (χ4v) is 2.53. The Labute approximate surface area is 129 Å². The highest BCUT2D eigenvalue weighted by Gasteiger charge is 2.33. The number of hydrogen-bond acceptors (Lipinski definition) is 5. The number of likely N-dealkylation sites (tertiary alicyclic amines) is 1. The van der Waals surface area contributed by atoms with Gasteiger partial charge in [0.05, 0.1) is 6.04 Å². The average molecular weight is 310 g/mol. The lowest BCUT2D eigenvalue weighted by Crippen LogP contribution is -2.45. The number of amides is 1. The summed E-state index contributed by atoms with van der Waals surface area (Å²) in [5.74, 6) is 0.120. The molecule has 0 radical (unpaired) electrons. The summed E-state index contributed by atoms with van der Waals surface area (Å²) < 4.78 is 7.12. The van der Waals surface area contributed by atoms with Crippen molar-refractivity contribution in [3.8, 4) is 0 Å². The number of imidazole rings is 1. The van der Waals surface area contributed by atoms with Crippen LogP contribution in [0.1, 0.15) is 40.2 Å². The van der Waals surface area contributed by atoms with Gasteiger partial charge in [-0.1, -0.05) is 6.92 Å². The van der Waals surface area contributed by atoms with E-state index in [1.165, 1.54) is 12.5 Å². The van der Waals surface area contributed by atoms with Crippen LogP contribution in [0.4, 0.5) is 10.6 Å². The third kappa shape index (κ3) is 3.75. The van der Waals surface area contributed by atoms with Gasteiger partial charge < -0.3 is 24.3 Å². The van der Waals surface area contributed by atoms with Gasteiger partial charge in [0.15, 0.2) is 0 Å². The second-order valence-electron chi connectivity index (χ2n) is 6.70. The average Bonchev–Trinajstić information content (AvgIpc) is 2.86. The van der Waals surface area contributed by atoms with Crippen molar-refractivity contribution in [2.45, 2.75) is 45.8 Å². The number of carbonyl (C=O) groups is 1. The second kappa shape index (κ2) is 5.94. The van der Waals surface area contributed by atoms with E-state index < -0.39 is 10.5 Å². The van der Waals surface area contributed by atoms with Crippen molar-refractivity contribution in [1.82, 2.24) is 14.5 Å². The minimum Gasteiger partial charge on any atom is -0.444 e. The van der Waals surface area contributed by atoms with Crippen LogP contribution < -0.4 is 0 Å². The molecule has 0 aliphatic carbocycles. The van der Waals surface area contributed by atoms with E-state index in [-0.39, 0.29) is 18.0 Å². The topological polar surface area (TPSA) is 90.5 Å². The summed E-state index contributed by atoms with van der Waals surface area (Å²) in [6, 6.07) is -0.0394. The summed E-state index contributed by atoms with van der Waals surface area (Å²) in [5.41, 5.74) is -0.538. The molecule has 122 valence electrons. The fraction of sp³-hybridized carbons (Fsp3) is 0.714. The van der Waals surface area contributed by atoms with E-state index >= 15 is 0 Å². The molecule has 8 nitrogen and oxygen atoms in total. The van der Waals surface area contributed by atoms with Crippen LogP contribution in [0.5, 0.6) is 0 Å². The summed E-state index contributed by atoms with van der Waals surface area (Å²) in [7, 11) is 0. The Morgan fingerprint density at radius 2 is 2.18 bits per heavy atom. The Morgan fingerprint density at radius 3 is 2.73 bits per heavy atom. The van der Waals surface area contributed by atoms with Gasteiger partial charge in [-0.05, 0) is 43.0 Å². The van der Waals surface area contributed by atoms with Gasteiger partial charge in [0.25, 0.3) is 0 Å². The minimum absolute atomic E-state index is 0.0394. The molecule has 1 aromatic rings. The number of aromatic nitrogens is 2. The molecule has 0 saturated carbocycles. The van der Waals surface area contributed by atoms with Crippen LogP contribution in [-0.2, 0) is 4.74 Å². The van der Waals surface area contributed by atoms with Crippen LogP contribution in [0, 0.1) is 16.0 Å². The molecule has 2 unspecified atom stereocenters. The Kier molecular flexibility index (Phi) is 4.39. The first-order valence-electron chi connectivity index (χ1n) is 7.33. The Balaban J connectivity index is 2.10. The Hall–Kier alpha value is -2.12. The molecule has 22 heavy (non-hydrogen) atoms. The highest BCUT2D eigenvalue weighted by molar-refractivity contribution is 5.68. The number of piperidine rings is 1. The number of hydrogen-bond donors (Lipinski definition) is 0. The van der Waals surface area contributed by atoms with Crippen molar-refractivity contribution in [2.75, 3.05) is 13.1 Å². The van der Waals surface area contributed by atoms with Crippen molar-refractivity contribution < 1.29 is 14.5 Å². The molecule has 2 heterocycles. The van der Waals surface area contributed by atoms with Crippen LogP contribution in [0.15, 0.2) is 12.5 Å². The van der Waals surface area contributed by atoms with Crippen molar-refractivity contribution >= 4 is 11.9 Å². The maximum atomic E-state index is 12.2. The molecule has 1 aliphatic heterocycles. The third-order valence-electron chi connectivity index (χ3n) is 3.73. The van der Waals surface area contributed by atoms with Crippen LogP contribution in [0.25, 0.3) is 0 Å². The Bertz CT molecular complexity index is 563. The molecular formula is C14H22N4O4. The molecule has 2 rings (SSSR count). The zero-order chi connectivity index (χ0) is 16.5. The molecule has 1 saturated heterocycles. The summed E-state index contributed by atoms with van der Waals surface area (Å²) in [6.07, 6.45) is 3.34. The normalized spacial score (nSPS) is 22.5. The molecule has 0 spiro atoms. The van der Waals surface area contributed by atoms with Gasteiger partial charge in [-0.15, -0.1) is 0 Å². The SMILES string of the molecule is CC1CCN(C(=O)OC(C)(C)C)CC1n1cnc([N+](=O)[O-])c1. The van der Waals surface area contributed by atoms with Gasteiger partial charge in [0.1, 0.15) is 11.8 Å². The standard InChI is InChI=1S/C14H22N4O4/c1-10-5-6-16(13(19)22-14(2,3)4)7-11(10)17-8-12(15-9-17)18(20)21/h8-11H,5-7H2,1-4H3. The summed E-state index contributed by atoms with van der Waals surface area (Å²) in [4.78, 5) is 27.9. The zero-order valence-electron chi connectivity index (χ0n) is 13.4. The van der Waals surface area contributed by atoms with E-state index in [0.29, 0.717) is 19.0 Å². The lowest BCUT2D eigenvalue weighted by molar-refractivity contribution is -0.389. The van der Waals surface area contributed by atoms with E-state index in [1.807, 2.05) is 20.8 Å². The third-order valence-corrected chi connectivity index (χ3v) is 3.73. The first-order chi connectivity index (χ1) is 10.2. The monoisotopic (exact) mass is 310 g/mol. The quantitative estimate of drug-likeness (QED) is 0.618. The number of ether oxygens (including phenoxy) is 1. The highest BCUT2D eigenvalue weighted by Crippen LogP contribution is 2.29.